The molecule has 0 aliphatic rings. The van der Waals surface area contributed by atoms with Crippen LogP contribution in [0.3, 0.4) is 0 Å². The smallest absolute Gasteiger partial charge is 0.310 e. The molecule has 1 rings (SSSR count). The van der Waals surface area contributed by atoms with Gasteiger partial charge in [0.2, 0.25) is 0 Å². The normalized spacial score (nSPS) is 10.2. The topological polar surface area (TPSA) is 72.6 Å². The van der Waals surface area contributed by atoms with Gasteiger partial charge >= 0.3 is 5.69 Å². The first-order valence-corrected chi connectivity index (χ1v) is 4.14. The number of phenols is 1. The van der Waals surface area contributed by atoms with Crippen molar-refractivity contribution in [3.63, 3.8) is 0 Å². The molecule has 0 bridgehead atoms. The minimum atomic E-state index is -0.644. The van der Waals surface area contributed by atoms with Crippen molar-refractivity contribution in [3.05, 3.63) is 28.3 Å². The van der Waals surface area contributed by atoms with Gasteiger partial charge in [-0.1, -0.05) is 0 Å². The third kappa shape index (κ3) is 2.35. The standard InChI is InChI=1S/C9H11NO4/c1-6(2)14-7-3-4-8(10(12)13)9(11)5-7/h3-6,11H,1-2H3. The summed E-state index contributed by atoms with van der Waals surface area (Å²) in [7, 11) is 0. The molecule has 1 N–H and O–H groups in total. The van der Waals surface area contributed by atoms with Crippen LogP contribution in [0.15, 0.2) is 18.2 Å². The second kappa shape index (κ2) is 3.95. The Morgan fingerprint density at radius 3 is 2.57 bits per heavy atom. The molecule has 0 amide bonds. The number of hydrogen-bond donors (Lipinski definition) is 1. The average Bonchev–Trinajstić information content (AvgIpc) is 2.01. The lowest BCUT2D eigenvalue weighted by atomic mass is 10.3. The van der Waals surface area contributed by atoms with E-state index in [0.717, 1.165) is 0 Å². The van der Waals surface area contributed by atoms with Crippen LogP contribution in [-0.2, 0) is 0 Å². The van der Waals surface area contributed by atoms with E-state index in [0.29, 0.717) is 5.75 Å². The summed E-state index contributed by atoms with van der Waals surface area (Å²) < 4.78 is 5.25. The third-order valence-corrected chi connectivity index (χ3v) is 1.52. The lowest BCUT2D eigenvalue weighted by Crippen LogP contribution is -2.05. The van der Waals surface area contributed by atoms with Gasteiger partial charge in [-0.3, -0.25) is 10.1 Å². The van der Waals surface area contributed by atoms with Crippen LogP contribution in [-0.4, -0.2) is 16.1 Å². The molecular formula is C9H11NO4. The van der Waals surface area contributed by atoms with E-state index in [-0.39, 0.29) is 17.5 Å². The highest BCUT2D eigenvalue weighted by Crippen LogP contribution is 2.29. The van der Waals surface area contributed by atoms with Gasteiger partial charge in [0.05, 0.1) is 11.0 Å². The molecule has 0 atom stereocenters. The number of benzene rings is 1. The quantitative estimate of drug-likeness (QED) is 0.594. The van der Waals surface area contributed by atoms with E-state index < -0.39 is 4.92 Å². The van der Waals surface area contributed by atoms with Gasteiger partial charge in [0.25, 0.3) is 0 Å². The minimum absolute atomic E-state index is 0.0316. The molecule has 0 spiro atoms. The predicted molar refractivity (Wildman–Crippen MR) is 50.5 cm³/mol. The zero-order chi connectivity index (χ0) is 10.7. The van der Waals surface area contributed by atoms with Crippen molar-refractivity contribution in [1.82, 2.24) is 0 Å². The summed E-state index contributed by atoms with van der Waals surface area (Å²) in [4.78, 5) is 9.72. The minimum Gasteiger partial charge on any atom is -0.502 e. The second-order valence-corrected chi connectivity index (χ2v) is 3.07. The van der Waals surface area contributed by atoms with Crippen LogP contribution in [0.5, 0.6) is 11.5 Å². The molecule has 1 aromatic rings. The highest BCUT2D eigenvalue weighted by molar-refractivity contribution is 5.49. The number of rotatable bonds is 3. The molecule has 5 nitrogen and oxygen atoms in total. The van der Waals surface area contributed by atoms with Crippen molar-refractivity contribution in [2.45, 2.75) is 20.0 Å². The average molecular weight is 197 g/mol. The van der Waals surface area contributed by atoms with Crippen LogP contribution in [0.25, 0.3) is 0 Å². The second-order valence-electron chi connectivity index (χ2n) is 3.07. The van der Waals surface area contributed by atoms with Crippen LogP contribution in [0.2, 0.25) is 0 Å². The fraction of sp³-hybridized carbons (Fsp3) is 0.333. The molecule has 0 fully saturated rings. The number of ether oxygens (including phenoxy) is 1. The summed E-state index contributed by atoms with van der Waals surface area (Å²) in [6, 6.07) is 3.91. The maximum Gasteiger partial charge on any atom is 0.310 e. The van der Waals surface area contributed by atoms with Crippen LogP contribution in [0, 0.1) is 10.1 Å². The van der Waals surface area contributed by atoms with Crippen molar-refractivity contribution in [2.24, 2.45) is 0 Å². The van der Waals surface area contributed by atoms with Crippen molar-refractivity contribution < 1.29 is 14.8 Å². The van der Waals surface area contributed by atoms with Gasteiger partial charge in [0.15, 0.2) is 5.75 Å². The largest absolute Gasteiger partial charge is 0.502 e. The molecule has 0 saturated carbocycles. The summed E-state index contributed by atoms with van der Waals surface area (Å²) in [6.45, 7) is 3.66. The zero-order valence-electron chi connectivity index (χ0n) is 7.93. The highest BCUT2D eigenvalue weighted by Gasteiger charge is 2.13. The monoisotopic (exact) mass is 197 g/mol. The first-order valence-electron chi connectivity index (χ1n) is 4.14. The predicted octanol–water partition coefficient (Wildman–Crippen LogP) is 2.09. The lowest BCUT2D eigenvalue weighted by molar-refractivity contribution is -0.385. The molecule has 14 heavy (non-hydrogen) atoms. The number of nitrogens with zero attached hydrogens (tertiary/aromatic N) is 1. The number of aromatic hydroxyl groups is 1. The number of phenolic OH excluding ortho intramolecular Hbond substituents is 1. The Morgan fingerprint density at radius 2 is 2.14 bits per heavy atom. The Balaban J connectivity index is 2.94. The van der Waals surface area contributed by atoms with Gasteiger partial charge < -0.3 is 9.84 Å². The number of nitro groups is 1. The van der Waals surface area contributed by atoms with Crippen LogP contribution < -0.4 is 4.74 Å². The molecule has 5 heteroatoms. The lowest BCUT2D eigenvalue weighted by Gasteiger charge is -2.09. The van der Waals surface area contributed by atoms with Gasteiger partial charge in [-0.05, 0) is 19.9 Å². The van der Waals surface area contributed by atoms with E-state index in [4.69, 9.17) is 4.74 Å². The maximum atomic E-state index is 10.4. The van der Waals surface area contributed by atoms with Crippen LogP contribution in [0.1, 0.15) is 13.8 Å². The summed E-state index contributed by atoms with van der Waals surface area (Å²) in [6.07, 6.45) is -0.0316. The summed E-state index contributed by atoms with van der Waals surface area (Å²) >= 11 is 0. The molecule has 0 saturated heterocycles. The summed E-state index contributed by atoms with van der Waals surface area (Å²) in [5, 5.41) is 19.6. The van der Waals surface area contributed by atoms with Gasteiger partial charge in [-0.25, -0.2) is 0 Å². The number of nitro benzene ring substituents is 1. The first-order chi connectivity index (χ1) is 6.50. The van der Waals surface area contributed by atoms with E-state index in [1.807, 2.05) is 13.8 Å². The Morgan fingerprint density at radius 1 is 1.50 bits per heavy atom. The van der Waals surface area contributed by atoms with Crippen molar-refractivity contribution in [1.29, 1.82) is 0 Å². The molecule has 0 aliphatic heterocycles. The van der Waals surface area contributed by atoms with E-state index >= 15 is 0 Å². The molecular weight excluding hydrogens is 186 g/mol. The summed E-state index contributed by atoms with van der Waals surface area (Å²) in [5.41, 5.74) is -0.318. The van der Waals surface area contributed by atoms with E-state index in [1.54, 1.807) is 0 Å². The third-order valence-electron chi connectivity index (χ3n) is 1.52. The Hall–Kier alpha value is -1.78. The molecule has 0 radical (unpaired) electrons. The van der Waals surface area contributed by atoms with E-state index in [9.17, 15) is 15.2 Å². The molecule has 1 aromatic carbocycles. The van der Waals surface area contributed by atoms with Crippen LogP contribution >= 0.6 is 0 Å². The Bertz CT molecular complexity index is 349. The molecule has 0 aliphatic carbocycles. The number of hydrogen-bond acceptors (Lipinski definition) is 4. The Kier molecular flexibility index (Phi) is 2.91. The zero-order valence-corrected chi connectivity index (χ0v) is 7.93. The molecule has 0 unspecified atom stereocenters. The van der Waals surface area contributed by atoms with Crippen molar-refractivity contribution >= 4 is 5.69 Å². The van der Waals surface area contributed by atoms with Gasteiger partial charge in [0.1, 0.15) is 5.75 Å². The Labute approximate surface area is 81.1 Å². The molecule has 76 valence electrons. The van der Waals surface area contributed by atoms with Crippen molar-refractivity contribution in [2.75, 3.05) is 0 Å². The van der Waals surface area contributed by atoms with Gasteiger partial charge in [0, 0.05) is 12.1 Å². The van der Waals surface area contributed by atoms with Crippen molar-refractivity contribution in [3.8, 4) is 11.5 Å². The molecule has 0 aromatic heterocycles. The first kappa shape index (κ1) is 10.3. The maximum absolute atomic E-state index is 10.4. The van der Waals surface area contributed by atoms with Gasteiger partial charge in [-0.15, -0.1) is 0 Å². The fourth-order valence-corrected chi connectivity index (χ4v) is 1.00. The SMILES string of the molecule is CC(C)Oc1ccc([N+](=O)[O-])c(O)c1. The highest BCUT2D eigenvalue weighted by atomic mass is 16.6. The van der Waals surface area contributed by atoms with E-state index in [1.165, 1.54) is 18.2 Å². The fourth-order valence-electron chi connectivity index (χ4n) is 1.00. The van der Waals surface area contributed by atoms with Crippen LogP contribution in [0.4, 0.5) is 5.69 Å². The van der Waals surface area contributed by atoms with Gasteiger partial charge in [-0.2, -0.15) is 0 Å². The molecule has 0 heterocycles. The van der Waals surface area contributed by atoms with E-state index in [2.05, 4.69) is 0 Å². The summed E-state index contributed by atoms with van der Waals surface area (Å²) in [5.74, 6) is 0.0382.